The highest BCUT2D eigenvalue weighted by atomic mass is 32.2. The van der Waals surface area contributed by atoms with Crippen molar-refractivity contribution in [1.29, 1.82) is 0 Å². The second kappa shape index (κ2) is 6.39. The van der Waals surface area contributed by atoms with Crippen molar-refractivity contribution >= 4 is 29.4 Å². The van der Waals surface area contributed by atoms with Gasteiger partial charge in [-0.3, -0.25) is 5.32 Å². The van der Waals surface area contributed by atoms with E-state index in [1.807, 2.05) is 44.4 Å². The van der Waals surface area contributed by atoms with Gasteiger partial charge in [-0.05, 0) is 45.2 Å². The van der Waals surface area contributed by atoms with E-state index in [2.05, 4.69) is 10.3 Å². The van der Waals surface area contributed by atoms with Crippen molar-refractivity contribution in [3.8, 4) is 0 Å². The van der Waals surface area contributed by atoms with Crippen LogP contribution < -0.4 is 5.32 Å². The molecule has 0 aromatic heterocycles. The molecule has 1 amide bonds. The average molecular weight is 308 g/mol. The van der Waals surface area contributed by atoms with Crippen LogP contribution in [0.25, 0.3) is 0 Å². The van der Waals surface area contributed by atoms with Crippen molar-refractivity contribution in [2.45, 2.75) is 37.3 Å². The number of hydrogen-bond donors (Lipinski definition) is 1. The fourth-order valence-corrected chi connectivity index (χ4v) is 2.34. The van der Waals surface area contributed by atoms with Gasteiger partial charge in [-0.15, -0.1) is 11.8 Å². The lowest BCUT2D eigenvalue weighted by Crippen LogP contribution is -2.27. The molecule has 0 bridgehead atoms. The highest BCUT2D eigenvalue weighted by molar-refractivity contribution is 7.98. The van der Waals surface area contributed by atoms with E-state index in [9.17, 15) is 4.79 Å². The van der Waals surface area contributed by atoms with Gasteiger partial charge in [-0.2, -0.15) is 0 Å². The third-order valence-electron chi connectivity index (χ3n) is 2.93. The highest BCUT2D eigenvalue weighted by Crippen LogP contribution is 2.21. The van der Waals surface area contributed by atoms with E-state index in [0.717, 1.165) is 4.90 Å². The van der Waals surface area contributed by atoms with Gasteiger partial charge in [0, 0.05) is 10.6 Å². The second-order valence-electron chi connectivity index (χ2n) is 5.46. The summed E-state index contributed by atoms with van der Waals surface area (Å²) < 4.78 is 10.8. The lowest BCUT2D eigenvalue weighted by atomic mass is 10.1. The Hall–Kier alpha value is -1.69. The zero-order valence-corrected chi connectivity index (χ0v) is 13.5. The maximum atomic E-state index is 11.9. The summed E-state index contributed by atoms with van der Waals surface area (Å²) in [7, 11) is 0. The molecule has 6 heteroatoms. The normalized spacial score (nSPS) is 17.6. The number of hydrogen-bond acceptors (Lipinski definition) is 5. The van der Waals surface area contributed by atoms with Gasteiger partial charge in [-0.25, -0.2) is 9.79 Å². The topological polar surface area (TPSA) is 59.9 Å². The van der Waals surface area contributed by atoms with Gasteiger partial charge in [0.1, 0.15) is 6.61 Å². The smallest absolute Gasteiger partial charge is 0.412 e. The van der Waals surface area contributed by atoms with Crippen molar-refractivity contribution in [2.75, 3.05) is 18.2 Å². The van der Waals surface area contributed by atoms with Gasteiger partial charge < -0.3 is 9.47 Å². The standard InChI is InChI=1S/C15H20N2O3S/c1-10(13-17-15(2,3)9-19-13)20-14(18)16-11-6-5-7-12(8-11)21-4/h5-8,10H,9H2,1-4H3,(H,16,18). The Balaban J connectivity index is 1.92. The number of aliphatic imine (C=N–C) groups is 1. The Morgan fingerprint density at radius 3 is 2.90 bits per heavy atom. The number of thioether (sulfide) groups is 1. The molecule has 1 N–H and O–H groups in total. The first-order chi connectivity index (χ1) is 9.89. The number of carbonyl (C=O) groups excluding carboxylic acids is 1. The average Bonchev–Trinajstić information content (AvgIpc) is 2.79. The van der Waals surface area contributed by atoms with Crippen LogP contribution in [-0.4, -0.2) is 36.5 Å². The second-order valence-corrected chi connectivity index (χ2v) is 6.34. The van der Waals surface area contributed by atoms with E-state index in [-0.39, 0.29) is 5.54 Å². The molecule has 0 spiro atoms. The highest BCUT2D eigenvalue weighted by Gasteiger charge is 2.30. The first-order valence-electron chi connectivity index (χ1n) is 6.74. The van der Waals surface area contributed by atoms with Crippen LogP contribution in [0.15, 0.2) is 34.2 Å². The van der Waals surface area contributed by atoms with Crippen LogP contribution in [-0.2, 0) is 9.47 Å². The summed E-state index contributed by atoms with van der Waals surface area (Å²) in [6.45, 7) is 6.20. The maximum Gasteiger partial charge on any atom is 0.412 e. The molecule has 21 heavy (non-hydrogen) atoms. The van der Waals surface area contributed by atoms with Crippen LogP contribution in [0.3, 0.4) is 0 Å². The first-order valence-corrected chi connectivity index (χ1v) is 7.96. The van der Waals surface area contributed by atoms with E-state index in [4.69, 9.17) is 9.47 Å². The Morgan fingerprint density at radius 1 is 1.52 bits per heavy atom. The van der Waals surface area contributed by atoms with Gasteiger partial charge in [-0.1, -0.05) is 6.07 Å². The summed E-state index contributed by atoms with van der Waals surface area (Å²) in [5.74, 6) is 0.466. The molecular weight excluding hydrogens is 288 g/mol. The summed E-state index contributed by atoms with van der Waals surface area (Å²) >= 11 is 1.61. The molecule has 1 atom stereocenters. The Morgan fingerprint density at radius 2 is 2.29 bits per heavy atom. The molecular formula is C15H20N2O3S. The van der Waals surface area contributed by atoms with E-state index in [1.165, 1.54) is 0 Å². The predicted octanol–water partition coefficient (Wildman–Crippen LogP) is 3.55. The van der Waals surface area contributed by atoms with Crippen molar-refractivity contribution in [3.05, 3.63) is 24.3 Å². The fourth-order valence-electron chi connectivity index (χ4n) is 1.88. The number of nitrogens with one attached hydrogen (secondary N) is 1. The zero-order chi connectivity index (χ0) is 15.5. The van der Waals surface area contributed by atoms with E-state index >= 15 is 0 Å². The lowest BCUT2D eigenvalue weighted by molar-refractivity contribution is 0.135. The van der Waals surface area contributed by atoms with Gasteiger partial charge in [0.15, 0.2) is 6.10 Å². The lowest BCUT2D eigenvalue weighted by Gasteiger charge is -2.13. The van der Waals surface area contributed by atoms with Gasteiger partial charge in [0.05, 0.1) is 5.54 Å². The molecule has 114 valence electrons. The number of ether oxygens (including phenoxy) is 2. The molecule has 0 aliphatic carbocycles. The van der Waals surface area contributed by atoms with Crippen molar-refractivity contribution in [3.63, 3.8) is 0 Å². The Labute approximate surface area is 129 Å². The number of amides is 1. The van der Waals surface area contributed by atoms with Crippen molar-refractivity contribution in [2.24, 2.45) is 4.99 Å². The van der Waals surface area contributed by atoms with Crippen LogP contribution in [0.5, 0.6) is 0 Å². The number of benzene rings is 1. The maximum absolute atomic E-state index is 11.9. The third kappa shape index (κ3) is 4.39. The number of rotatable bonds is 4. The molecule has 0 saturated carbocycles. The number of carbonyl (C=O) groups is 1. The quantitative estimate of drug-likeness (QED) is 0.864. The van der Waals surface area contributed by atoms with Crippen molar-refractivity contribution < 1.29 is 14.3 Å². The largest absolute Gasteiger partial charge is 0.476 e. The Kier molecular flexibility index (Phi) is 4.77. The molecule has 1 aromatic rings. The minimum absolute atomic E-state index is 0.254. The Bertz CT molecular complexity index is 558. The van der Waals surface area contributed by atoms with Gasteiger partial charge in [0.2, 0.25) is 5.90 Å². The molecule has 1 aliphatic rings. The molecule has 1 aromatic carbocycles. The van der Waals surface area contributed by atoms with Gasteiger partial charge >= 0.3 is 6.09 Å². The van der Waals surface area contributed by atoms with Crippen LogP contribution in [0, 0.1) is 0 Å². The molecule has 5 nitrogen and oxygen atoms in total. The van der Waals surface area contributed by atoms with Crippen LogP contribution in [0.1, 0.15) is 20.8 Å². The molecule has 1 unspecified atom stereocenters. The van der Waals surface area contributed by atoms with Crippen molar-refractivity contribution in [1.82, 2.24) is 0 Å². The molecule has 1 aliphatic heterocycles. The fraction of sp³-hybridized carbons (Fsp3) is 0.467. The van der Waals surface area contributed by atoms with Crippen LogP contribution >= 0.6 is 11.8 Å². The number of nitrogens with zero attached hydrogens (tertiary/aromatic N) is 1. The zero-order valence-electron chi connectivity index (χ0n) is 12.7. The minimum atomic E-state index is -0.517. The molecule has 0 fully saturated rings. The van der Waals surface area contributed by atoms with E-state index in [1.54, 1.807) is 18.7 Å². The summed E-state index contributed by atoms with van der Waals surface area (Å²) in [6, 6.07) is 7.58. The first kappa shape index (κ1) is 15.7. The third-order valence-corrected chi connectivity index (χ3v) is 3.66. The summed E-state index contributed by atoms with van der Waals surface area (Å²) in [5.41, 5.74) is 0.449. The predicted molar refractivity (Wildman–Crippen MR) is 85.3 cm³/mol. The minimum Gasteiger partial charge on any atom is -0.476 e. The SMILES string of the molecule is CSc1cccc(NC(=O)OC(C)C2=NC(C)(C)CO2)c1. The molecule has 1 heterocycles. The monoisotopic (exact) mass is 308 g/mol. The molecule has 0 radical (unpaired) electrons. The van der Waals surface area contributed by atoms with E-state index < -0.39 is 12.2 Å². The summed E-state index contributed by atoms with van der Waals surface area (Å²) in [6.07, 6.45) is 0.962. The molecule has 2 rings (SSSR count). The van der Waals surface area contributed by atoms with E-state index in [0.29, 0.717) is 18.2 Å². The van der Waals surface area contributed by atoms with Gasteiger partial charge in [0.25, 0.3) is 0 Å². The van der Waals surface area contributed by atoms with Crippen LogP contribution in [0.4, 0.5) is 10.5 Å². The summed E-state index contributed by atoms with van der Waals surface area (Å²) in [5, 5.41) is 2.71. The summed E-state index contributed by atoms with van der Waals surface area (Å²) in [4.78, 5) is 17.4. The van der Waals surface area contributed by atoms with Crippen LogP contribution in [0.2, 0.25) is 0 Å². The molecule has 0 saturated heterocycles. The number of anilines is 1.